The van der Waals surface area contributed by atoms with Gasteiger partial charge in [0.2, 0.25) is 0 Å². The molecule has 0 amide bonds. The molecule has 0 N–H and O–H groups in total. The summed E-state index contributed by atoms with van der Waals surface area (Å²) in [5, 5.41) is 4.74. The molecule has 0 radical (unpaired) electrons. The molecule has 1 aliphatic rings. The van der Waals surface area contributed by atoms with E-state index in [0.29, 0.717) is 0 Å². The van der Waals surface area contributed by atoms with Gasteiger partial charge in [0.25, 0.3) is 0 Å². The number of para-hydroxylation sites is 2. The zero-order valence-electron chi connectivity index (χ0n) is 29.0. The van der Waals surface area contributed by atoms with Gasteiger partial charge in [-0.2, -0.15) is 0 Å². The molecular formula is C50H30N2OS. The lowest BCUT2D eigenvalue weighted by Crippen LogP contribution is -2.10. The first kappa shape index (κ1) is 30.6. The topological polar surface area (TPSA) is 21.3 Å². The summed E-state index contributed by atoms with van der Waals surface area (Å²) >= 11 is 1.87. The van der Waals surface area contributed by atoms with Gasteiger partial charge in [0.1, 0.15) is 11.2 Å². The minimum atomic E-state index is 0.868. The van der Waals surface area contributed by atoms with Crippen molar-refractivity contribution in [3.63, 3.8) is 0 Å². The minimum Gasteiger partial charge on any atom is -0.456 e. The van der Waals surface area contributed by atoms with E-state index < -0.39 is 0 Å². The fourth-order valence-electron chi connectivity index (χ4n) is 8.01. The Kier molecular flexibility index (Phi) is 6.95. The van der Waals surface area contributed by atoms with Crippen LogP contribution >= 0.6 is 11.3 Å². The normalized spacial score (nSPS) is 12.5. The molecule has 3 aromatic heterocycles. The van der Waals surface area contributed by atoms with Crippen molar-refractivity contribution in [2.75, 3.05) is 4.90 Å². The summed E-state index contributed by atoms with van der Waals surface area (Å²) in [7, 11) is 0. The molecule has 0 spiro atoms. The summed E-state index contributed by atoms with van der Waals surface area (Å²) in [4.78, 5) is 2.33. The quantitative estimate of drug-likeness (QED) is 0.161. The first-order valence-corrected chi connectivity index (χ1v) is 18.9. The van der Waals surface area contributed by atoms with Crippen LogP contribution in [-0.2, 0) is 0 Å². The SMILES string of the molecule is C1=C=CC(n2c3ccccc3c3sc4c(-c5cccc(N(c6ccc(-c7ccccc7)cc6)c6ccc7c(c6)oc6ccccc67)c5)cccc4c32)=CC=1. The zero-order valence-corrected chi connectivity index (χ0v) is 29.8. The van der Waals surface area contributed by atoms with Crippen LogP contribution in [0.4, 0.5) is 17.1 Å². The van der Waals surface area contributed by atoms with Gasteiger partial charge in [-0.3, -0.25) is 0 Å². The number of hydrogen-bond acceptors (Lipinski definition) is 3. The molecule has 3 heterocycles. The van der Waals surface area contributed by atoms with Crippen molar-refractivity contribution in [1.82, 2.24) is 4.57 Å². The second kappa shape index (κ2) is 12.3. The number of nitrogens with zero attached hydrogens (tertiary/aromatic N) is 2. The number of furan rings is 1. The van der Waals surface area contributed by atoms with E-state index in [1.807, 2.05) is 35.6 Å². The van der Waals surface area contributed by atoms with E-state index in [0.717, 1.165) is 50.3 Å². The van der Waals surface area contributed by atoms with Crippen molar-refractivity contribution in [1.29, 1.82) is 0 Å². The molecule has 0 saturated carbocycles. The monoisotopic (exact) mass is 706 g/mol. The van der Waals surface area contributed by atoms with Crippen LogP contribution in [0.2, 0.25) is 0 Å². The summed E-state index contributed by atoms with van der Waals surface area (Å²) in [5.74, 6) is 0. The Labute approximate surface area is 315 Å². The van der Waals surface area contributed by atoms with Gasteiger partial charge in [-0.1, -0.05) is 121 Å². The summed E-state index contributed by atoms with van der Waals surface area (Å²) < 4.78 is 11.3. The number of fused-ring (bicyclic) bond motifs is 8. The molecule has 0 atom stereocenters. The lowest BCUT2D eigenvalue weighted by molar-refractivity contribution is 0.669. The van der Waals surface area contributed by atoms with Crippen LogP contribution in [0.15, 0.2) is 198 Å². The van der Waals surface area contributed by atoms with E-state index in [-0.39, 0.29) is 0 Å². The Morgan fingerprint density at radius 3 is 2.07 bits per heavy atom. The molecule has 0 saturated heterocycles. The van der Waals surface area contributed by atoms with Gasteiger partial charge in [-0.25, -0.2) is 0 Å². The predicted octanol–water partition coefficient (Wildman–Crippen LogP) is 14.4. The molecule has 0 unspecified atom stereocenters. The van der Waals surface area contributed by atoms with Crippen molar-refractivity contribution >= 4 is 87.2 Å². The van der Waals surface area contributed by atoms with Crippen molar-refractivity contribution in [2.45, 2.75) is 0 Å². The van der Waals surface area contributed by atoms with Gasteiger partial charge in [0.15, 0.2) is 0 Å². The molecule has 7 aromatic carbocycles. The zero-order chi connectivity index (χ0) is 35.6. The molecule has 252 valence electrons. The lowest BCUT2D eigenvalue weighted by Gasteiger charge is -2.26. The third-order valence-electron chi connectivity index (χ3n) is 10.5. The van der Waals surface area contributed by atoms with Crippen LogP contribution in [0, 0.1) is 0 Å². The molecule has 1 aliphatic carbocycles. The molecule has 0 bridgehead atoms. The van der Waals surface area contributed by atoms with Gasteiger partial charge in [0.05, 0.1) is 21.4 Å². The molecule has 11 rings (SSSR count). The van der Waals surface area contributed by atoms with E-state index >= 15 is 0 Å². The fraction of sp³-hybridized carbons (Fsp3) is 0. The van der Waals surface area contributed by atoms with Crippen molar-refractivity contribution < 1.29 is 4.42 Å². The number of rotatable bonds is 6. The Morgan fingerprint density at radius 1 is 0.500 bits per heavy atom. The molecule has 54 heavy (non-hydrogen) atoms. The summed E-state index contributed by atoms with van der Waals surface area (Å²) in [6, 6.07) is 58.5. The number of anilines is 3. The van der Waals surface area contributed by atoms with Crippen LogP contribution < -0.4 is 4.90 Å². The maximum Gasteiger partial charge on any atom is 0.137 e. The number of hydrogen-bond donors (Lipinski definition) is 0. The molecule has 0 fully saturated rings. The number of aromatic nitrogens is 1. The Hall–Kier alpha value is -7.06. The largest absolute Gasteiger partial charge is 0.456 e. The van der Waals surface area contributed by atoms with Crippen LogP contribution in [0.5, 0.6) is 0 Å². The third kappa shape index (κ3) is 4.84. The predicted molar refractivity (Wildman–Crippen MR) is 228 cm³/mol. The van der Waals surface area contributed by atoms with Gasteiger partial charge in [0, 0.05) is 55.4 Å². The molecule has 10 aromatic rings. The van der Waals surface area contributed by atoms with Gasteiger partial charge in [-0.15, -0.1) is 11.3 Å². The van der Waals surface area contributed by atoms with Gasteiger partial charge < -0.3 is 13.9 Å². The third-order valence-corrected chi connectivity index (χ3v) is 11.7. The average Bonchev–Trinajstić information content (AvgIpc) is 3.91. The van der Waals surface area contributed by atoms with Gasteiger partial charge >= 0.3 is 0 Å². The minimum absolute atomic E-state index is 0.868. The molecule has 0 aliphatic heterocycles. The highest BCUT2D eigenvalue weighted by atomic mass is 32.1. The van der Waals surface area contributed by atoms with Crippen LogP contribution in [0.3, 0.4) is 0 Å². The Morgan fingerprint density at radius 2 is 1.20 bits per heavy atom. The second-order valence-corrected chi connectivity index (χ2v) is 14.6. The number of thiophene rings is 1. The van der Waals surface area contributed by atoms with Crippen LogP contribution in [0.25, 0.3) is 81.1 Å². The van der Waals surface area contributed by atoms with Crippen molar-refractivity contribution in [3.8, 4) is 22.3 Å². The highest BCUT2D eigenvalue weighted by molar-refractivity contribution is 7.27. The van der Waals surface area contributed by atoms with Crippen LogP contribution in [0.1, 0.15) is 0 Å². The van der Waals surface area contributed by atoms with Crippen molar-refractivity contribution in [3.05, 3.63) is 193 Å². The maximum atomic E-state index is 6.40. The standard InChI is InChI=1S/C50H30N2OS/c1-3-13-33(14-4-1)34-25-27-37(28-26-34)51(39-29-30-42-41-19-8-10-24-46(41)53-47(42)32-39)38-18-11-15-35(31-38)40-21-12-22-44-48-50(54-49(40)44)43-20-7-9-23-45(43)52(48)36-16-5-2-6-17-36/h1,3-5,7-32H. The highest BCUT2D eigenvalue weighted by Gasteiger charge is 2.21. The molecular weight excluding hydrogens is 677 g/mol. The Bertz CT molecular complexity index is 3230. The molecule has 4 heteroatoms. The smallest absolute Gasteiger partial charge is 0.137 e. The lowest BCUT2D eigenvalue weighted by atomic mass is 10.0. The average molecular weight is 707 g/mol. The van der Waals surface area contributed by atoms with E-state index in [1.165, 1.54) is 47.9 Å². The van der Waals surface area contributed by atoms with Gasteiger partial charge in [-0.05, 0) is 82.9 Å². The van der Waals surface area contributed by atoms with E-state index in [9.17, 15) is 0 Å². The summed E-state index contributed by atoms with van der Waals surface area (Å²) in [5.41, 5.74) is 19.4. The fourth-order valence-corrected chi connectivity index (χ4v) is 9.37. The van der Waals surface area contributed by atoms with E-state index in [4.69, 9.17) is 4.42 Å². The summed E-state index contributed by atoms with van der Waals surface area (Å²) in [6.45, 7) is 0. The summed E-state index contributed by atoms with van der Waals surface area (Å²) in [6.07, 6.45) is 6.07. The van der Waals surface area contributed by atoms with Crippen LogP contribution in [-0.4, -0.2) is 4.57 Å². The second-order valence-electron chi connectivity index (χ2n) is 13.6. The first-order valence-electron chi connectivity index (χ1n) is 18.1. The first-order chi connectivity index (χ1) is 26.8. The van der Waals surface area contributed by atoms with Crippen molar-refractivity contribution in [2.24, 2.45) is 0 Å². The highest BCUT2D eigenvalue weighted by Crippen LogP contribution is 2.47. The maximum absolute atomic E-state index is 6.40. The number of allylic oxidation sites excluding steroid dienone is 4. The Balaban J connectivity index is 1.09. The number of benzene rings is 7. The van der Waals surface area contributed by atoms with E-state index in [2.05, 4.69) is 179 Å². The van der Waals surface area contributed by atoms with E-state index in [1.54, 1.807) is 0 Å². The molecule has 3 nitrogen and oxygen atoms in total.